The molecule has 0 radical (unpaired) electrons. The van der Waals surface area contributed by atoms with E-state index >= 15 is 0 Å². The number of nitrogens with zero attached hydrogens (tertiary/aromatic N) is 1. The Balaban J connectivity index is 2.72. The van der Waals surface area contributed by atoms with Crippen LogP contribution in [0.1, 0.15) is 24.1 Å². The van der Waals surface area contributed by atoms with Crippen LogP contribution < -0.4 is 9.47 Å². The zero-order chi connectivity index (χ0) is 31.4. The van der Waals surface area contributed by atoms with Gasteiger partial charge in [0.15, 0.2) is 11.5 Å². The van der Waals surface area contributed by atoms with Gasteiger partial charge in [0.2, 0.25) is 0 Å². The van der Waals surface area contributed by atoms with Crippen molar-refractivity contribution < 1.29 is 89.7 Å². The van der Waals surface area contributed by atoms with Crippen molar-refractivity contribution in [3.63, 3.8) is 0 Å². The van der Waals surface area contributed by atoms with Crippen LogP contribution in [0.4, 0.5) is 65.9 Å². The number of fused-ring (bicyclic) bond motifs is 1. The van der Waals surface area contributed by atoms with Gasteiger partial charge in [0.05, 0.1) is 6.04 Å². The van der Waals surface area contributed by atoms with Crippen molar-refractivity contribution in [1.29, 1.82) is 0 Å². The molecule has 1 aliphatic rings. The number of alkyl halides is 15. The fourth-order valence-corrected chi connectivity index (χ4v) is 3.20. The molecule has 0 saturated heterocycles. The second kappa shape index (κ2) is 9.89. The average molecular weight is 617 g/mol. The van der Waals surface area contributed by atoms with Gasteiger partial charge >= 0.3 is 54.1 Å². The summed E-state index contributed by atoms with van der Waals surface area (Å²) in [6.07, 6.45) is -20.7. The molecule has 1 unspecified atom stereocenters. The van der Waals surface area contributed by atoms with Gasteiger partial charge in [-0.25, -0.2) is 9.59 Å². The molecule has 1 aromatic rings. The number of halogens is 15. The Morgan fingerprint density at radius 1 is 0.700 bits per heavy atom. The van der Waals surface area contributed by atoms with Gasteiger partial charge in [-0.1, -0.05) is 6.07 Å². The van der Waals surface area contributed by atoms with E-state index in [2.05, 4.69) is 9.47 Å². The summed E-state index contributed by atoms with van der Waals surface area (Å²) in [5.41, 5.74) is -1.68. The number of carbonyl (C=O) groups excluding carboxylic acids is 3. The molecule has 2 rings (SSSR count). The highest BCUT2D eigenvalue weighted by atomic mass is 19.4. The molecule has 1 heterocycles. The van der Waals surface area contributed by atoms with E-state index in [-0.39, 0.29) is 11.0 Å². The first-order valence-corrected chi connectivity index (χ1v) is 9.94. The van der Waals surface area contributed by atoms with Crippen LogP contribution in [0.2, 0.25) is 0 Å². The van der Waals surface area contributed by atoms with E-state index in [0.29, 0.717) is 13.0 Å². The van der Waals surface area contributed by atoms with Crippen LogP contribution >= 0.6 is 0 Å². The summed E-state index contributed by atoms with van der Waals surface area (Å²) >= 11 is 0. The number of hydrogen-bond acceptors (Lipinski definition) is 5. The van der Waals surface area contributed by atoms with Crippen LogP contribution in [-0.4, -0.2) is 65.6 Å². The molecule has 0 spiro atoms. The third kappa shape index (κ3) is 5.58. The van der Waals surface area contributed by atoms with Crippen molar-refractivity contribution in [2.45, 2.75) is 55.7 Å². The number of amides is 1. The first-order chi connectivity index (χ1) is 17.7. The Bertz CT molecular complexity index is 1190. The lowest BCUT2D eigenvalue weighted by Gasteiger charge is -2.38. The predicted octanol–water partition coefficient (Wildman–Crippen LogP) is 5.54. The molecular weight excluding hydrogens is 607 g/mol. The third-order valence-electron chi connectivity index (χ3n) is 5.27. The standard InChI is InChI=1S/C19H10F15NO5/c1-6-9-7(4-5-35(6)11(36)14(20,21)17(26,27)28)2-3-8(39-12(37)15(22,23)18(29,30)31)10(9)40-13(38)16(24,25)19(32,33)34/h2-3,6H,4-5H2,1H3. The minimum Gasteiger partial charge on any atom is -0.418 e. The minimum absolute atomic E-state index is 0.173. The second-order valence-corrected chi connectivity index (χ2v) is 7.89. The van der Waals surface area contributed by atoms with Crippen molar-refractivity contribution in [3.8, 4) is 11.5 Å². The molecule has 21 heteroatoms. The van der Waals surface area contributed by atoms with Crippen molar-refractivity contribution in [2.24, 2.45) is 0 Å². The lowest BCUT2D eigenvalue weighted by atomic mass is 9.91. The van der Waals surface area contributed by atoms with E-state index in [1.807, 2.05) is 0 Å². The fourth-order valence-electron chi connectivity index (χ4n) is 3.20. The van der Waals surface area contributed by atoms with Gasteiger partial charge < -0.3 is 14.4 Å². The fraction of sp³-hybridized carbons (Fsp3) is 0.526. The van der Waals surface area contributed by atoms with Gasteiger partial charge in [-0.05, 0) is 25.0 Å². The molecule has 226 valence electrons. The highest BCUT2D eigenvalue weighted by Gasteiger charge is 2.67. The van der Waals surface area contributed by atoms with Crippen molar-refractivity contribution in [2.75, 3.05) is 6.54 Å². The summed E-state index contributed by atoms with van der Waals surface area (Å²) in [5.74, 6) is -32.9. The molecular formula is C19H10F15NO5. The van der Waals surface area contributed by atoms with Crippen LogP contribution in [0, 0.1) is 0 Å². The monoisotopic (exact) mass is 617 g/mol. The zero-order valence-electron chi connectivity index (χ0n) is 18.8. The normalized spacial score (nSPS) is 17.3. The lowest BCUT2D eigenvalue weighted by molar-refractivity contribution is -0.277. The van der Waals surface area contributed by atoms with Crippen molar-refractivity contribution >= 4 is 17.8 Å². The van der Waals surface area contributed by atoms with Crippen LogP contribution in [0.5, 0.6) is 11.5 Å². The molecule has 40 heavy (non-hydrogen) atoms. The van der Waals surface area contributed by atoms with Crippen LogP contribution in [0.3, 0.4) is 0 Å². The maximum atomic E-state index is 13.7. The van der Waals surface area contributed by atoms with E-state index in [1.54, 1.807) is 0 Å². The van der Waals surface area contributed by atoms with Crippen molar-refractivity contribution in [1.82, 2.24) is 4.90 Å². The molecule has 1 atom stereocenters. The largest absolute Gasteiger partial charge is 0.465 e. The van der Waals surface area contributed by atoms with E-state index in [4.69, 9.17) is 0 Å². The first-order valence-electron chi connectivity index (χ1n) is 9.94. The Morgan fingerprint density at radius 3 is 1.55 bits per heavy atom. The average Bonchev–Trinajstić information content (AvgIpc) is 2.77. The number of carbonyl (C=O) groups is 3. The quantitative estimate of drug-likeness (QED) is 0.247. The maximum Gasteiger partial charge on any atom is 0.465 e. The minimum atomic E-state index is -6.71. The summed E-state index contributed by atoms with van der Waals surface area (Å²) in [6.45, 7) is -0.493. The molecule has 0 saturated carbocycles. The molecule has 0 aromatic heterocycles. The Labute approximate surface area is 210 Å². The lowest BCUT2D eigenvalue weighted by Crippen LogP contribution is -2.54. The van der Waals surface area contributed by atoms with Gasteiger partial charge in [0.25, 0.3) is 0 Å². The molecule has 1 amide bonds. The zero-order valence-corrected chi connectivity index (χ0v) is 18.8. The van der Waals surface area contributed by atoms with E-state index in [0.717, 1.165) is 0 Å². The van der Waals surface area contributed by atoms with E-state index in [9.17, 15) is 80.2 Å². The summed E-state index contributed by atoms with van der Waals surface area (Å²) in [5, 5.41) is 0. The molecule has 0 fully saturated rings. The number of esters is 2. The molecule has 0 N–H and O–H groups in total. The maximum absolute atomic E-state index is 13.7. The van der Waals surface area contributed by atoms with Crippen LogP contribution in [-0.2, 0) is 20.8 Å². The molecule has 6 nitrogen and oxygen atoms in total. The summed E-state index contributed by atoms with van der Waals surface area (Å²) in [6, 6.07) is -1.54. The Hall–Kier alpha value is -3.42. The number of hydrogen-bond donors (Lipinski definition) is 0. The first kappa shape index (κ1) is 32.8. The number of rotatable bonds is 5. The van der Waals surface area contributed by atoms with Gasteiger partial charge in [-0.2, -0.15) is 65.9 Å². The molecule has 0 bridgehead atoms. The van der Waals surface area contributed by atoms with Gasteiger partial charge in [-0.3, -0.25) is 4.79 Å². The number of ether oxygens (including phenoxy) is 2. The van der Waals surface area contributed by atoms with Crippen LogP contribution in [0.15, 0.2) is 12.1 Å². The van der Waals surface area contributed by atoms with Gasteiger partial charge in [0.1, 0.15) is 0 Å². The Kier molecular flexibility index (Phi) is 8.11. The second-order valence-electron chi connectivity index (χ2n) is 7.89. The van der Waals surface area contributed by atoms with Gasteiger partial charge in [0, 0.05) is 12.1 Å². The summed E-state index contributed by atoms with van der Waals surface area (Å²) in [4.78, 5) is 34.8. The smallest absolute Gasteiger partial charge is 0.418 e. The molecule has 1 aliphatic heterocycles. The predicted molar refractivity (Wildman–Crippen MR) is 94.6 cm³/mol. The highest BCUT2D eigenvalue weighted by Crippen LogP contribution is 2.47. The topological polar surface area (TPSA) is 72.9 Å². The Morgan fingerprint density at radius 2 is 1.12 bits per heavy atom. The molecule has 1 aromatic carbocycles. The SMILES string of the molecule is CC1c2c(ccc(OC(=O)C(F)(F)C(F)(F)F)c2OC(=O)C(F)(F)C(F)(F)F)CCN1C(=O)C(F)(F)C(F)(F)F. The van der Waals surface area contributed by atoms with E-state index in [1.165, 1.54) is 0 Å². The highest BCUT2D eigenvalue weighted by molar-refractivity contribution is 5.87. The van der Waals surface area contributed by atoms with Gasteiger partial charge in [-0.15, -0.1) is 0 Å². The van der Waals surface area contributed by atoms with Crippen LogP contribution in [0.25, 0.3) is 0 Å². The van der Waals surface area contributed by atoms with E-state index < -0.39 is 95.8 Å². The summed E-state index contributed by atoms with van der Waals surface area (Å²) < 4.78 is 202. The third-order valence-corrected chi connectivity index (χ3v) is 5.27. The molecule has 0 aliphatic carbocycles. The number of benzene rings is 1. The van der Waals surface area contributed by atoms with Crippen molar-refractivity contribution in [3.05, 3.63) is 23.3 Å². The summed E-state index contributed by atoms with van der Waals surface area (Å²) in [7, 11) is 0.